The molecule has 0 bridgehead atoms. The average molecular weight is 573 g/mol. The van der Waals surface area contributed by atoms with E-state index in [2.05, 4.69) is 0 Å². The summed E-state index contributed by atoms with van der Waals surface area (Å²) in [6.07, 6.45) is 2.10. The fourth-order valence-corrected chi connectivity index (χ4v) is 5.93. The summed E-state index contributed by atoms with van der Waals surface area (Å²) in [5, 5.41) is 1.14. The number of ether oxygens (including phenoxy) is 3. The largest absolute Gasteiger partial charge is 0.493 e. The van der Waals surface area contributed by atoms with Gasteiger partial charge in [0.05, 0.1) is 33.9 Å². The number of carbonyl (C=O) groups excluding carboxylic acids is 1. The molecule has 0 N–H and O–H groups in total. The molecule has 0 saturated heterocycles. The standard InChI is InChI=1S/C29H36N2O6S2/c1-23-10-12-26(38-23)21-30(16-14-25-11-13-27(36-3)28(20-25)37-4)29(32)22-31(17-18-35-2)39(33,34)19-15-24-8-6-5-7-9-24/h5-13,15,19-20H,14,16-18,21-22H2,1-4H3. The highest BCUT2D eigenvalue weighted by Gasteiger charge is 2.25. The predicted octanol–water partition coefficient (Wildman–Crippen LogP) is 4.59. The second kappa shape index (κ2) is 14.8. The van der Waals surface area contributed by atoms with Gasteiger partial charge in [-0.2, -0.15) is 4.31 Å². The molecule has 0 spiro atoms. The third kappa shape index (κ3) is 9.21. The first-order valence-electron chi connectivity index (χ1n) is 12.5. The Morgan fingerprint density at radius 1 is 0.949 bits per heavy atom. The van der Waals surface area contributed by atoms with Gasteiger partial charge < -0.3 is 19.1 Å². The molecule has 0 fully saturated rings. The Labute approximate surface area is 235 Å². The molecule has 10 heteroatoms. The van der Waals surface area contributed by atoms with Crippen molar-refractivity contribution in [3.05, 3.63) is 87.0 Å². The Morgan fingerprint density at radius 2 is 1.69 bits per heavy atom. The van der Waals surface area contributed by atoms with Crippen molar-refractivity contribution in [2.75, 3.05) is 47.6 Å². The van der Waals surface area contributed by atoms with Crippen molar-refractivity contribution in [2.45, 2.75) is 19.9 Å². The number of carbonyl (C=O) groups is 1. The van der Waals surface area contributed by atoms with Crippen LogP contribution in [0.4, 0.5) is 0 Å². The SMILES string of the molecule is COCCN(CC(=O)N(CCc1ccc(OC)c(OC)c1)Cc1ccc(C)s1)S(=O)(=O)C=Cc1ccccc1. The summed E-state index contributed by atoms with van der Waals surface area (Å²) in [6, 6.07) is 18.8. The van der Waals surface area contributed by atoms with Gasteiger partial charge in [0.15, 0.2) is 11.5 Å². The summed E-state index contributed by atoms with van der Waals surface area (Å²) in [7, 11) is 0.788. The van der Waals surface area contributed by atoms with Crippen LogP contribution in [0.3, 0.4) is 0 Å². The van der Waals surface area contributed by atoms with E-state index in [0.717, 1.165) is 26.3 Å². The Hall–Kier alpha value is -3.18. The monoisotopic (exact) mass is 572 g/mol. The second-order valence-corrected chi connectivity index (χ2v) is 12.0. The minimum atomic E-state index is -3.88. The zero-order valence-electron chi connectivity index (χ0n) is 22.8. The first-order chi connectivity index (χ1) is 18.7. The van der Waals surface area contributed by atoms with Crippen LogP contribution in [0.2, 0.25) is 0 Å². The van der Waals surface area contributed by atoms with Gasteiger partial charge in [0.25, 0.3) is 0 Å². The Balaban J connectivity index is 1.80. The third-order valence-corrected chi connectivity index (χ3v) is 8.56. The van der Waals surface area contributed by atoms with E-state index in [4.69, 9.17) is 14.2 Å². The Kier molecular flexibility index (Phi) is 11.5. The molecule has 2 aromatic carbocycles. The first-order valence-corrected chi connectivity index (χ1v) is 14.8. The highest BCUT2D eigenvalue weighted by Crippen LogP contribution is 2.28. The molecule has 0 aliphatic heterocycles. The maximum Gasteiger partial charge on any atom is 0.238 e. The van der Waals surface area contributed by atoms with E-state index in [1.54, 1.807) is 30.5 Å². The lowest BCUT2D eigenvalue weighted by atomic mass is 10.1. The van der Waals surface area contributed by atoms with E-state index in [1.165, 1.54) is 17.5 Å². The number of sulfonamides is 1. The number of hydrogen-bond donors (Lipinski definition) is 0. The molecule has 1 heterocycles. The van der Waals surface area contributed by atoms with Crippen molar-refractivity contribution in [1.82, 2.24) is 9.21 Å². The molecular weight excluding hydrogens is 536 g/mol. The summed E-state index contributed by atoms with van der Waals surface area (Å²) in [5.41, 5.74) is 1.73. The molecule has 0 aliphatic carbocycles. The smallest absolute Gasteiger partial charge is 0.238 e. The average Bonchev–Trinajstić information content (AvgIpc) is 3.36. The highest BCUT2D eigenvalue weighted by atomic mass is 32.2. The molecule has 3 rings (SSSR count). The van der Waals surface area contributed by atoms with E-state index in [9.17, 15) is 13.2 Å². The number of rotatable bonds is 15. The van der Waals surface area contributed by atoms with Gasteiger partial charge in [0, 0.05) is 35.4 Å². The third-order valence-electron chi connectivity index (χ3n) is 6.06. The van der Waals surface area contributed by atoms with Gasteiger partial charge in [0.2, 0.25) is 15.9 Å². The molecule has 39 heavy (non-hydrogen) atoms. The Bertz CT molecular complexity index is 1340. The number of thiophene rings is 1. The van der Waals surface area contributed by atoms with Gasteiger partial charge in [-0.05, 0) is 54.8 Å². The molecule has 8 nitrogen and oxygen atoms in total. The van der Waals surface area contributed by atoms with Gasteiger partial charge in [0.1, 0.15) is 0 Å². The molecule has 0 atom stereocenters. The molecule has 3 aromatic rings. The molecule has 0 radical (unpaired) electrons. The van der Waals surface area contributed by atoms with Gasteiger partial charge >= 0.3 is 0 Å². The molecule has 210 valence electrons. The normalized spacial score (nSPS) is 11.7. The minimum Gasteiger partial charge on any atom is -0.493 e. The molecule has 0 saturated carbocycles. The summed E-state index contributed by atoms with van der Waals surface area (Å²) in [5.74, 6) is 0.962. The Morgan fingerprint density at radius 3 is 2.33 bits per heavy atom. The number of methoxy groups -OCH3 is 3. The summed E-state index contributed by atoms with van der Waals surface area (Å²) >= 11 is 1.62. The summed E-state index contributed by atoms with van der Waals surface area (Å²) in [6.45, 7) is 2.75. The summed E-state index contributed by atoms with van der Waals surface area (Å²) in [4.78, 5) is 17.5. The van der Waals surface area contributed by atoms with E-state index < -0.39 is 10.0 Å². The molecule has 1 amide bonds. The van der Waals surface area contributed by atoms with Crippen LogP contribution in [-0.4, -0.2) is 71.1 Å². The molecule has 1 aromatic heterocycles. The van der Waals surface area contributed by atoms with Gasteiger partial charge in [-0.15, -0.1) is 11.3 Å². The van der Waals surface area contributed by atoms with E-state index in [0.29, 0.717) is 31.0 Å². The molecule has 0 aliphatic rings. The molecular formula is C29H36N2O6S2. The van der Waals surface area contributed by atoms with E-state index >= 15 is 0 Å². The van der Waals surface area contributed by atoms with Crippen molar-refractivity contribution in [3.63, 3.8) is 0 Å². The fraction of sp³-hybridized carbons (Fsp3) is 0.345. The topological polar surface area (TPSA) is 85.4 Å². The van der Waals surface area contributed by atoms with Crippen LogP contribution in [0.15, 0.2) is 66.1 Å². The van der Waals surface area contributed by atoms with Gasteiger partial charge in [-0.1, -0.05) is 36.4 Å². The van der Waals surface area contributed by atoms with Crippen LogP contribution >= 0.6 is 11.3 Å². The van der Waals surface area contributed by atoms with Crippen LogP contribution in [0.25, 0.3) is 6.08 Å². The number of nitrogens with zero attached hydrogens (tertiary/aromatic N) is 2. The van der Waals surface area contributed by atoms with Gasteiger partial charge in [-0.3, -0.25) is 4.79 Å². The number of amides is 1. The zero-order valence-corrected chi connectivity index (χ0v) is 24.5. The number of benzene rings is 2. The fourth-order valence-electron chi connectivity index (χ4n) is 3.91. The minimum absolute atomic E-state index is 0.0608. The van der Waals surface area contributed by atoms with Crippen molar-refractivity contribution in [2.24, 2.45) is 0 Å². The van der Waals surface area contributed by atoms with Crippen molar-refractivity contribution in [3.8, 4) is 11.5 Å². The van der Waals surface area contributed by atoms with Crippen LogP contribution in [0.5, 0.6) is 11.5 Å². The first kappa shape index (κ1) is 30.4. The highest BCUT2D eigenvalue weighted by molar-refractivity contribution is 7.92. The predicted molar refractivity (Wildman–Crippen MR) is 156 cm³/mol. The lowest BCUT2D eigenvalue weighted by molar-refractivity contribution is -0.132. The lowest BCUT2D eigenvalue weighted by Crippen LogP contribution is -2.43. The quantitative estimate of drug-likeness (QED) is 0.265. The van der Waals surface area contributed by atoms with E-state index in [1.807, 2.05) is 67.6 Å². The van der Waals surface area contributed by atoms with E-state index in [-0.39, 0.29) is 25.6 Å². The lowest BCUT2D eigenvalue weighted by Gasteiger charge is -2.26. The maximum absolute atomic E-state index is 13.6. The number of aryl methyl sites for hydroxylation is 1. The number of hydrogen-bond acceptors (Lipinski definition) is 7. The maximum atomic E-state index is 13.6. The summed E-state index contributed by atoms with van der Waals surface area (Å²) < 4.78 is 43.5. The van der Waals surface area contributed by atoms with Crippen LogP contribution in [0, 0.1) is 6.92 Å². The molecule has 0 unspecified atom stereocenters. The van der Waals surface area contributed by atoms with Gasteiger partial charge in [-0.25, -0.2) is 8.42 Å². The van der Waals surface area contributed by atoms with Crippen molar-refractivity contribution < 1.29 is 27.4 Å². The van der Waals surface area contributed by atoms with Crippen molar-refractivity contribution >= 4 is 33.3 Å². The van der Waals surface area contributed by atoms with Crippen LogP contribution in [-0.2, 0) is 32.5 Å². The van der Waals surface area contributed by atoms with Crippen LogP contribution in [0.1, 0.15) is 20.9 Å². The second-order valence-electron chi connectivity index (χ2n) is 8.85. The van der Waals surface area contributed by atoms with Crippen molar-refractivity contribution in [1.29, 1.82) is 0 Å². The zero-order chi connectivity index (χ0) is 28.3. The van der Waals surface area contributed by atoms with Crippen LogP contribution < -0.4 is 9.47 Å².